The van der Waals surface area contributed by atoms with Crippen LogP contribution in [0.15, 0.2) is 133 Å². The van der Waals surface area contributed by atoms with Gasteiger partial charge in [-0.25, -0.2) is 0 Å². The van der Waals surface area contributed by atoms with Gasteiger partial charge in [0.05, 0.1) is 0 Å². The first-order valence-corrected chi connectivity index (χ1v) is 14.3. The van der Waals surface area contributed by atoms with E-state index in [0.29, 0.717) is 0 Å². The molecule has 7 aromatic rings. The molecule has 0 aliphatic heterocycles. The molecule has 0 unspecified atom stereocenters. The molecule has 0 saturated heterocycles. The minimum atomic E-state index is 0.745. The number of benzene rings is 6. The fourth-order valence-corrected chi connectivity index (χ4v) is 7.21. The van der Waals surface area contributed by atoms with E-state index in [9.17, 15) is 0 Å². The summed E-state index contributed by atoms with van der Waals surface area (Å²) in [5.74, 6) is 0. The average molecular weight is 537 g/mol. The van der Waals surface area contributed by atoms with E-state index < -0.39 is 0 Å². The number of hydrogen-bond donors (Lipinski definition) is 0. The molecule has 0 nitrogen and oxygen atoms in total. The second kappa shape index (κ2) is 9.85. The molecule has 0 spiro atoms. The van der Waals surface area contributed by atoms with Gasteiger partial charge in [0.15, 0.2) is 0 Å². The highest BCUT2D eigenvalue weighted by atomic mass is 35.5. The van der Waals surface area contributed by atoms with E-state index in [2.05, 4.69) is 128 Å². The first-order valence-electron chi connectivity index (χ1n) is 13.1. The summed E-state index contributed by atoms with van der Waals surface area (Å²) in [5.41, 5.74) is 9.95. The summed E-state index contributed by atoms with van der Waals surface area (Å²) in [5, 5.41) is 4.60. The van der Waals surface area contributed by atoms with Gasteiger partial charge in [0.25, 0.3) is 0 Å². The Morgan fingerprint density at radius 2 is 1.03 bits per heavy atom. The molecule has 2 heteroatoms. The number of hydrogen-bond acceptors (Lipinski definition) is 1. The molecule has 0 aliphatic carbocycles. The van der Waals surface area contributed by atoms with Gasteiger partial charge < -0.3 is 0 Å². The second-order valence-electron chi connectivity index (χ2n) is 9.91. The van der Waals surface area contributed by atoms with Crippen molar-refractivity contribution in [2.75, 3.05) is 0 Å². The zero-order valence-electron chi connectivity index (χ0n) is 21.5. The molecule has 0 fully saturated rings. The third-order valence-corrected chi connectivity index (χ3v) is 8.90. The van der Waals surface area contributed by atoms with Gasteiger partial charge in [-0.2, -0.15) is 0 Å². The fraction of sp³-hybridized carbons (Fsp3) is 0.0270. The Bertz CT molecular complexity index is 1940. The van der Waals surface area contributed by atoms with Crippen LogP contribution >= 0.6 is 22.9 Å². The predicted molar refractivity (Wildman–Crippen MR) is 171 cm³/mol. The van der Waals surface area contributed by atoms with Gasteiger partial charge in [-0.15, -0.1) is 11.3 Å². The monoisotopic (exact) mass is 536 g/mol. The fourth-order valence-electron chi connectivity index (χ4n) is 5.67. The molecule has 0 amide bonds. The van der Waals surface area contributed by atoms with Crippen LogP contribution in [0.25, 0.3) is 64.7 Å². The Morgan fingerprint density at radius 3 is 1.64 bits per heavy atom. The van der Waals surface area contributed by atoms with Gasteiger partial charge in [-0.05, 0) is 57.6 Å². The average Bonchev–Trinajstić information content (AvgIpc) is 3.39. The van der Waals surface area contributed by atoms with Crippen LogP contribution in [0.1, 0.15) is 5.56 Å². The van der Waals surface area contributed by atoms with Crippen LogP contribution in [0.5, 0.6) is 0 Å². The standard InChI is InChI=1S/C37H25ClS/c1-24-17-22-30-31(23-24)35-34(26-13-7-3-8-14-26)36(28-15-9-4-10-16-28)39-37(35)33(25-11-5-2-6-12-25)32(30)27-18-20-29(38)21-19-27/h2-23H,1H3. The summed E-state index contributed by atoms with van der Waals surface area (Å²) < 4.78 is 1.31. The summed E-state index contributed by atoms with van der Waals surface area (Å²) in [6.07, 6.45) is 0. The molecule has 0 saturated carbocycles. The van der Waals surface area contributed by atoms with Gasteiger partial charge in [0.2, 0.25) is 0 Å². The SMILES string of the molecule is Cc1ccc2c(-c3ccc(Cl)cc3)c(-c3ccccc3)c3sc(-c4ccccc4)c(-c4ccccc4)c3c2c1. The quantitative estimate of drug-likeness (QED) is 0.210. The van der Waals surface area contributed by atoms with Gasteiger partial charge in [-0.1, -0.05) is 138 Å². The lowest BCUT2D eigenvalue weighted by Gasteiger charge is -2.18. The Labute approximate surface area is 237 Å². The van der Waals surface area contributed by atoms with Crippen LogP contribution in [0, 0.1) is 6.92 Å². The topological polar surface area (TPSA) is 0 Å². The van der Waals surface area contributed by atoms with Crippen molar-refractivity contribution < 1.29 is 0 Å². The minimum absolute atomic E-state index is 0.745. The number of halogens is 1. The summed E-state index contributed by atoms with van der Waals surface area (Å²) in [6, 6.07) is 47.7. The summed E-state index contributed by atoms with van der Waals surface area (Å²) >= 11 is 8.25. The Morgan fingerprint density at radius 1 is 0.487 bits per heavy atom. The molecule has 0 atom stereocenters. The summed E-state index contributed by atoms with van der Waals surface area (Å²) in [7, 11) is 0. The summed E-state index contributed by atoms with van der Waals surface area (Å²) in [4.78, 5) is 1.30. The molecule has 1 heterocycles. The van der Waals surface area contributed by atoms with Crippen molar-refractivity contribution in [2.45, 2.75) is 6.92 Å². The lowest BCUT2D eigenvalue weighted by molar-refractivity contribution is 1.51. The third kappa shape index (κ3) is 4.15. The molecule has 186 valence electrons. The van der Waals surface area contributed by atoms with Gasteiger partial charge in [0.1, 0.15) is 0 Å². The molecule has 6 aromatic carbocycles. The number of rotatable bonds is 4. The second-order valence-corrected chi connectivity index (χ2v) is 11.4. The number of thiophene rings is 1. The molecule has 0 bridgehead atoms. The van der Waals surface area contributed by atoms with Crippen molar-refractivity contribution in [1.29, 1.82) is 0 Å². The van der Waals surface area contributed by atoms with E-state index in [-0.39, 0.29) is 0 Å². The highest BCUT2D eigenvalue weighted by Crippen LogP contribution is 2.54. The number of fused-ring (bicyclic) bond motifs is 3. The van der Waals surface area contributed by atoms with Gasteiger partial charge in [-0.3, -0.25) is 0 Å². The highest BCUT2D eigenvalue weighted by molar-refractivity contribution is 7.23. The van der Waals surface area contributed by atoms with E-state index in [0.717, 1.165) is 5.02 Å². The number of aryl methyl sites for hydroxylation is 1. The van der Waals surface area contributed by atoms with Crippen LogP contribution in [0.2, 0.25) is 5.02 Å². The smallest absolute Gasteiger partial charge is 0.0446 e. The molecule has 0 aliphatic rings. The molecule has 0 N–H and O–H groups in total. The molecule has 39 heavy (non-hydrogen) atoms. The van der Waals surface area contributed by atoms with E-state index in [1.165, 1.54) is 70.2 Å². The predicted octanol–water partition coefficient (Wildman–Crippen LogP) is 11.7. The van der Waals surface area contributed by atoms with Crippen molar-refractivity contribution >= 4 is 43.8 Å². The Kier molecular flexibility index (Phi) is 6.04. The molecule has 1 aromatic heterocycles. The van der Waals surface area contributed by atoms with Crippen molar-refractivity contribution in [3.8, 4) is 43.8 Å². The van der Waals surface area contributed by atoms with E-state index in [1.54, 1.807) is 0 Å². The van der Waals surface area contributed by atoms with Crippen LogP contribution in [0.3, 0.4) is 0 Å². The van der Waals surface area contributed by atoms with Crippen molar-refractivity contribution in [1.82, 2.24) is 0 Å². The third-order valence-electron chi connectivity index (χ3n) is 7.39. The van der Waals surface area contributed by atoms with E-state index in [1.807, 2.05) is 23.5 Å². The van der Waals surface area contributed by atoms with Crippen LogP contribution < -0.4 is 0 Å². The molecular weight excluding hydrogens is 512 g/mol. The largest absolute Gasteiger partial charge is 0.134 e. The minimum Gasteiger partial charge on any atom is -0.134 e. The maximum atomic E-state index is 6.35. The molecule has 7 rings (SSSR count). The van der Waals surface area contributed by atoms with Crippen LogP contribution in [0.4, 0.5) is 0 Å². The summed E-state index contributed by atoms with van der Waals surface area (Å²) in [6.45, 7) is 2.19. The maximum Gasteiger partial charge on any atom is 0.0446 e. The highest BCUT2D eigenvalue weighted by Gasteiger charge is 2.25. The van der Waals surface area contributed by atoms with Crippen LogP contribution in [-0.4, -0.2) is 0 Å². The zero-order valence-corrected chi connectivity index (χ0v) is 23.1. The maximum absolute atomic E-state index is 6.35. The first kappa shape index (κ1) is 23.9. The van der Waals surface area contributed by atoms with Crippen molar-refractivity contribution in [3.05, 3.63) is 144 Å². The lowest BCUT2D eigenvalue weighted by atomic mass is 9.85. The van der Waals surface area contributed by atoms with E-state index in [4.69, 9.17) is 11.6 Å². The lowest BCUT2D eigenvalue weighted by Crippen LogP contribution is -1.91. The van der Waals surface area contributed by atoms with Gasteiger partial charge >= 0.3 is 0 Å². The van der Waals surface area contributed by atoms with Crippen molar-refractivity contribution in [3.63, 3.8) is 0 Å². The zero-order chi connectivity index (χ0) is 26.3. The van der Waals surface area contributed by atoms with Gasteiger partial charge in [0, 0.05) is 31.1 Å². The molecule has 0 radical (unpaired) electrons. The Balaban J connectivity index is 1.75. The first-order chi connectivity index (χ1) is 19.2. The van der Waals surface area contributed by atoms with E-state index >= 15 is 0 Å². The normalized spacial score (nSPS) is 11.3. The van der Waals surface area contributed by atoms with Crippen molar-refractivity contribution in [2.24, 2.45) is 0 Å². The van der Waals surface area contributed by atoms with Crippen LogP contribution in [-0.2, 0) is 0 Å². The Hall–Kier alpha value is -4.17. The molecular formula is C37H25ClS.